The molecule has 4 heteroatoms. The van der Waals surface area contributed by atoms with E-state index in [2.05, 4.69) is 11.0 Å². The Hall–Kier alpha value is -0.870. The Morgan fingerprint density at radius 1 is 1.35 bits per heavy atom. The normalized spacial score (nSPS) is 17.9. The van der Waals surface area contributed by atoms with E-state index >= 15 is 0 Å². The summed E-state index contributed by atoms with van der Waals surface area (Å²) in [7, 11) is 1.65. The minimum atomic E-state index is -0.504. The van der Waals surface area contributed by atoms with Gasteiger partial charge in [0.25, 0.3) is 0 Å². The Morgan fingerprint density at radius 3 is 2.65 bits per heavy atom. The van der Waals surface area contributed by atoms with Gasteiger partial charge in [0.1, 0.15) is 5.75 Å². The molecule has 0 aromatic heterocycles. The van der Waals surface area contributed by atoms with Gasteiger partial charge >= 0.3 is 0 Å². The maximum Gasteiger partial charge on any atom is 0.126 e. The van der Waals surface area contributed by atoms with Crippen LogP contribution in [0.1, 0.15) is 18.6 Å². The monoisotopic (exact) mass is 253 g/mol. The summed E-state index contributed by atoms with van der Waals surface area (Å²) in [5, 5.41) is 9.94. The zero-order valence-corrected chi connectivity index (χ0v) is 11.2. The van der Waals surface area contributed by atoms with Crippen molar-refractivity contribution < 1.29 is 9.84 Å². The van der Waals surface area contributed by atoms with Crippen LogP contribution in [0.2, 0.25) is 0 Å². The lowest BCUT2D eigenvalue weighted by Crippen LogP contribution is -2.33. The molecule has 0 bridgehead atoms. The third-order valence-electron chi connectivity index (χ3n) is 3.03. The predicted molar refractivity (Wildman–Crippen MR) is 73.2 cm³/mol. The van der Waals surface area contributed by atoms with Gasteiger partial charge in [0.15, 0.2) is 0 Å². The third kappa shape index (κ3) is 2.69. The summed E-state index contributed by atoms with van der Waals surface area (Å²) < 4.78 is 5.35. The van der Waals surface area contributed by atoms with Gasteiger partial charge < -0.3 is 14.7 Å². The molecule has 1 saturated heterocycles. The van der Waals surface area contributed by atoms with E-state index in [1.54, 1.807) is 14.0 Å². The zero-order valence-electron chi connectivity index (χ0n) is 10.3. The second-order valence-electron chi connectivity index (χ2n) is 4.17. The Kier molecular flexibility index (Phi) is 4.18. The highest BCUT2D eigenvalue weighted by atomic mass is 32.2. The first-order chi connectivity index (χ1) is 8.24. The lowest BCUT2D eigenvalue weighted by molar-refractivity contribution is 0.194. The molecule has 0 amide bonds. The first-order valence-corrected chi connectivity index (χ1v) is 7.07. The number of hydrogen-bond acceptors (Lipinski definition) is 4. The molecule has 1 aliphatic heterocycles. The van der Waals surface area contributed by atoms with Crippen LogP contribution in [-0.2, 0) is 0 Å². The van der Waals surface area contributed by atoms with Gasteiger partial charge in [0, 0.05) is 35.8 Å². The summed E-state index contributed by atoms with van der Waals surface area (Å²) in [6, 6.07) is 5.96. The average molecular weight is 253 g/mol. The van der Waals surface area contributed by atoms with Crippen LogP contribution in [0.4, 0.5) is 5.69 Å². The highest BCUT2D eigenvalue weighted by Crippen LogP contribution is 2.35. The smallest absolute Gasteiger partial charge is 0.126 e. The molecule has 1 aromatic rings. The second kappa shape index (κ2) is 5.65. The predicted octanol–water partition coefficient (Wildman–Crippen LogP) is 2.30. The fourth-order valence-electron chi connectivity index (χ4n) is 2.21. The molecule has 1 aliphatic rings. The van der Waals surface area contributed by atoms with Gasteiger partial charge in [0.2, 0.25) is 0 Å². The van der Waals surface area contributed by atoms with Gasteiger partial charge in [-0.05, 0) is 19.1 Å². The molecule has 0 spiro atoms. The summed E-state index contributed by atoms with van der Waals surface area (Å²) in [6.07, 6.45) is -0.504. The lowest BCUT2D eigenvalue weighted by Gasteiger charge is -2.31. The van der Waals surface area contributed by atoms with Crippen LogP contribution < -0.4 is 9.64 Å². The van der Waals surface area contributed by atoms with Crippen LogP contribution in [0.3, 0.4) is 0 Å². The van der Waals surface area contributed by atoms with Crippen LogP contribution in [0.5, 0.6) is 5.75 Å². The van der Waals surface area contributed by atoms with E-state index in [-0.39, 0.29) is 0 Å². The Bertz CT molecular complexity index is 376. The van der Waals surface area contributed by atoms with E-state index < -0.39 is 6.10 Å². The molecule has 1 atom stereocenters. The Balaban J connectivity index is 2.37. The average Bonchev–Trinajstić information content (AvgIpc) is 2.38. The van der Waals surface area contributed by atoms with E-state index in [4.69, 9.17) is 4.74 Å². The number of aliphatic hydroxyl groups excluding tert-OH is 1. The number of rotatable bonds is 3. The van der Waals surface area contributed by atoms with E-state index in [1.807, 2.05) is 23.9 Å². The quantitative estimate of drug-likeness (QED) is 0.896. The maximum atomic E-state index is 9.94. The van der Waals surface area contributed by atoms with Crippen LogP contribution in [0.25, 0.3) is 0 Å². The Morgan fingerprint density at radius 2 is 2.06 bits per heavy atom. The molecule has 2 rings (SSSR count). The van der Waals surface area contributed by atoms with Crippen molar-refractivity contribution in [2.45, 2.75) is 13.0 Å². The van der Waals surface area contributed by atoms with Crippen molar-refractivity contribution in [3.05, 3.63) is 23.8 Å². The standard InChI is InChI=1S/C13H19NO2S/c1-10(15)13-11(4-3-5-12(13)16-2)14-6-8-17-9-7-14/h3-5,10,15H,6-9H2,1-2H3. The van der Waals surface area contributed by atoms with Gasteiger partial charge in [-0.3, -0.25) is 0 Å². The number of anilines is 1. The minimum absolute atomic E-state index is 0.504. The van der Waals surface area contributed by atoms with Gasteiger partial charge in [-0.2, -0.15) is 11.8 Å². The van der Waals surface area contributed by atoms with Crippen molar-refractivity contribution in [3.63, 3.8) is 0 Å². The first kappa shape index (κ1) is 12.6. The van der Waals surface area contributed by atoms with Crippen LogP contribution in [0, 0.1) is 0 Å². The molecule has 1 aromatic carbocycles. The largest absolute Gasteiger partial charge is 0.496 e. The van der Waals surface area contributed by atoms with Gasteiger partial charge in [-0.1, -0.05) is 6.07 Å². The van der Waals surface area contributed by atoms with Gasteiger partial charge in [-0.15, -0.1) is 0 Å². The third-order valence-corrected chi connectivity index (χ3v) is 3.98. The maximum absolute atomic E-state index is 9.94. The van der Waals surface area contributed by atoms with Crippen molar-refractivity contribution in [1.29, 1.82) is 0 Å². The summed E-state index contributed by atoms with van der Waals surface area (Å²) in [5.41, 5.74) is 2.02. The van der Waals surface area contributed by atoms with Crippen molar-refractivity contribution in [1.82, 2.24) is 0 Å². The van der Waals surface area contributed by atoms with Crippen LogP contribution in [0.15, 0.2) is 18.2 Å². The van der Waals surface area contributed by atoms with Crippen molar-refractivity contribution in [2.75, 3.05) is 36.6 Å². The summed E-state index contributed by atoms with van der Waals surface area (Å²) in [4.78, 5) is 2.33. The second-order valence-corrected chi connectivity index (χ2v) is 5.39. The number of benzene rings is 1. The first-order valence-electron chi connectivity index (χ1n) is 5.91. The summed E-state index contributed by atoms with van der Waals surface area (Å²) >= 11 is 1.98. The van der Waals surface area contributed by atoms with E-state index in [0.29, 0.717) is 0 Å². The molecule has 1 N–H and O–H groups in total. The van der Waals surface area contributed by atoms with Crippen LogP contribution >= 0.6 is 11.8 Å². The van der Waals surface area contributed by atoms with Crippen LogP contribution in [-0.4, -0.2) is 36.8 Å². The molecule has 3 nitrogen and oxygen atoms in total. The van der Waals surface area contributed by atoms with E-state index in [0.717, 1.165) is 41.6 Å². The van der Waals surface area contributed by atoms with Crippen molar-refractivity contribution in [3.8, 4) is 5.75 Å². The molecule has 1 fully saturated rings. The topological polar surface area (TPSA) is 32.7 Å². The molecule has 0 aliphatic carbocycles. The lowest BCUT2D eigenvalue weighted by atomic mass is 10.1. The Labute approximate surface area is 107 Å². The molecule has 0 radical (unpaired) electrons. The number of methoxy groups -OCH3 is 1. The minimum Gasteiger partial charge on any atom is -0.496 e. The number of hydrogen-bond donors (Lipinski definition) is 1. The molecule has 17 heavy (non-hydrogen) atoms. The summed E-state index contributed by atoms with van der Waals surface area (Å²) in [6.45, 7) is 3.87. The van der Waals surface area contributed by atoms with Gasteiger partial charge in [0.05, 0.1) is 13.2 Å². The molecular weight excluding hydrogens is 234 g/mol. The fourth-order valence-corrected chi connectivity index (χ4v) is 3.11. The van der Waals surface area contributed by atoms with E-state index in [9.17, 15) is 5.11 Å². The number of ether oxygens (including phenoxy) is 1. The fraction of sp³-hybridized carbons (Fsp3) is 0.538. The van der Waals surface area contributed by atoms with Crippen molar-refractivity contribution in [2.24, 2.45) is 0 Å². The van der Waals surface area contributed by atoms with E-state index in [1.165, 1.54) is 0 Å². The summed E-state index contributed by atoms with van der Waals surface area (Å²) in [5.74, 6) is 3.07. The van der Waals surface area contributed by atoms with Gasteiger partial charge in [-0.25, -0.2) is 0 Å². The zero-order chi connectivity index (χ0) is 12.3. The molecule has 1 unspecified atom stereocenters. The number of aliphatic hydroxyl groups is 1. The number of thioether (sulfide) groups is 1. The molecule has 94 valence electrons. The molecular formula is C13H19NO2S. The molecule has 0 saturated carbocycles. The molecule has 1 heterocycles. The number of nitrogens with zero attached hydrogens (tertiary/aromatic N) is 1. The van der Waals surface area contributed by atoms with Crippen molar-refractivity contribution >= 4 is 17.4 Å². The highest BCUT2D eigenvalue weighted by molar-refractivity contribution is 7.99. The highest BCUT2D eigenvalue weighted by Gasteiger charge is 2.20. The SMILES string of the molecule is COc1cccc(N2CCSCC2)c1C(C)O.